The third-order valence-corrected chi connectivity index (χ3v) is 15.5. The van der Waals surface area contributed by atoms with E-state index in [1.54, 1.807) is 31.3 Å². The lowest BCUT2D eigenvalue weighted by Crippen LogP contribution is -2.48. The first-order valence-electron chi connectivity index (χ1n) is 21.3. The first-order valence-corrected chi connectivity index (χ1v) is 23.7. The van der Waals surface area contributed by atoms with E-state index in [2.05, 4.69) is 25.2 Å². The molecule has 0 spiro atoms. The molecule has 16 nitrogen and oxygen atoms in total. The lowest BCUT2D eigenvalue weighted by molar-refractivity contribution is -0.143. The fourth-order valence-corrected chi connectivity index (χ4v) is 11.6. The summed E-state index contributed by atoms with van der Waals surface area (Å²) in [6.07, 6.45) is 8.07. The number of halogens is 1. The zero-order valence-corrected chi connectivity index (χ0v) is 36.2. The summed E-state index contributed by atoms with van der Waals surface area (Å²) in [5, 5.41) is 7.43. The number of amides is 4. The molecule has 0 saturated carbocycles. The quantitative estimate of drug-likeness (QED) is 0.187. The van der Waals surface area contributed by atoms with Gasteiger partial charge in [-0.15, -0.1) is 11.3 Å². The minimum absolute atomic E-state index is 0.00588. The van der Waals surface area contributed by atoms with Crippen LogP contribution in [0.5, 0.6) is 0 Å². The summed E-state index contributed by atoms with van der Waals surface area (Å²) in [6.45, 7) is 5.18. The van der Waals surface area contributed by atoms with E-state index in [-0.39, 0.29) is 70.8 Å². The fraction of sp³-hybridized carbons (Fsp3) is 0.488. The number of primary sulfonamides is 1. The lowest BCUT2D eigenvalue weighted by atomic mass is 9.90. The predicted molar refractivity (Wildman–Crippen MR) is 231 cm³/mol. The van der Waals surface area contributed by atoms with E-state index in [9.17, 15) is 27.6 Å². The maximum atomic E-state index is 16.3. The Morgan fingerprint density at radius 3 is 2.15 bits per heavy atom. The maximum absolute atomic E-state index is 16.3. The predicted octanol–water partition coefficient (Wildman–Crippen LogP) is 4.50. The zero-order valence-electron chi connectivity index (χ0n) is 34.5. The molecule has 5 N–H and O–H groups in total. The Balaban J connectivity index is 0.852. The van der Waals surface area contributed by atoms with Crippen LogP contribution >= 0.6 is 11.3 Å². The first-order chi connectivity index (χ1) is 29.8. The van der Waals surface area contributed by atoms with E-state index >= 15 is 4.39 Å². The molecule has 4 saturated heterocycles. The van der Waals surface area contributed by atoms with E-state index in [1.165, 1.54) is 23.6 Å². The third kappa shape index (κ3) is 9.06. The molecule has 1 aromatic carbocycles. The van der Waals surface area contributed by atoms with Gasteiger partial charge in [-0.1, -0.05) is 25.1 Å². The van der Waals surface area contributed by atoms with Gasteiger partial charge in [0.2, 0.25) is 39.6 Å². The third-order valence-electron chi connectivity index (χ3n) is 12.8. The van der Waals surface area contributed by atoms with Gasteiger partial charge >= 0.3 is 0 Å². The Hall–Kier alpha value is -5.40. The van der Waals surface area contributed by atoms with Crippen LogP contribution in [0, 0.1) is 17.7 Å². The van der Waals surface area contributed by atoms with Crippen molar-refractivity contribution in [1.29, 1.82) is 0 Å². The van der Waals surface area contributed by atoms with Crippen LogP contribution in [0.15, 0.2) is 48.8 Å². The van der Waals surface area contributed by atoms with Crippen molar-refractivity contribution in [2.45, 2.75) is 81.8 Å². The van der Waals surface area contributed by atoms with Crippen molar-refractivity contribution in [3.8, 4) is 21.8 Å². The molecule has 3 aromatic heterocycles. The monoisotopic (exact) mass is 886 g/mol. The number of nitrogens with two attached hydrogens (primary N) is 2. The van der Waals surface area contributed by atoms with Crippen molar-refractivity contribution < 1.29 is 32.0 Å². The van der Waals surface area contributed by atoms with E-state index in [0.717, 1.165) is 16.4 Å². The summed E-state index contributed by atoms with van der Waals surface area (Å²) in [5.41, 5.74) is 7.63. The van der Waals surface area contributed by atoms with Crippen LogP contribution < -0.4 is 21.1 Å². The summed E-state index contributed by atoms with van der Waals surface area (Å²) in [4.78, 5) is 75.8. The van der Waals surface area contributed by atoms with Crippen LogP contribution in [0.25, 0.3) is 21.8 Å². The highest BCUT2D eigenvalue weighted by atomic mass is 32.2. The average molecular weight is 887 g/mol. The second-order valence-corrected chi connectivity index (χ2v) is 19.4. The van der Waals surface area contributed by atoms with Crippen LogP contribution in [0.3, 0.4) is 0 Å². The van der Waals surface area contributed by atoms with E-state index in [0.29, 0.717) is 107 Å². The molecule has 7 heterocycles. The van der Waals surface area contributed by atoms with Gasteiger partial charge in [-0.2, -0.15) is 0 Å². The number of carbonyl (C=O) groups is 4. The molecule has 328 valence electrons. The van der Waals surface area contributed by atoms with Crippen LogP contribution in [0.4, 0.5) is 16.2 Å². The SMILES string of the molecule is CCC(c1cccc(-c2nc(C3CCN(C(=O)C4CCN(C(=O)C5CCN(c6ccc(C7CCC(=O)NC7=O)cn6)CC5)CC4)CC3)sc2-c2ccnc(N)n2)c1F)S(N)(=O)=O. The molecule has 19 heteroatoms. The molecule has 8 rings (SSSR count). The highest BCUT2D eigenvalue weighted by Gasteiger charge is 2.37. The molecule has 0 aliphatic carbocycles. The summed E-state index contributed by atoms with van der Waals surface area (Å²) in [6, 6.07) is 10.1. The van der Waals surface area contributed by atoms with Crippen molar-refractivity contribution in [2.24, 2.45) is 17.0 Å². The second-order valence-electron chi connectivity index (χ2n) is 16.6. The molecule has 4 aliphatic rings. The minimum Gasteiger partial charge on any atom is -0.368 e. The van der Waals surface area contributed by atoms with Gasteiger partial charge in [0.15, 0.2) is 0 Å². The number of anilines is 2. The van der Waals surface area contributed by atoms with Gasteiger partial charge in [0.1, 0.15) is 16.9 Å². The molecule has 2 atom stereocenters. The normalized spacial score (nSPS) is 20.3. The van der Waals surface area contributed by atoms with Gasteiger partial charge < -0.3 is 20.4 Å². The molecule has 0 radical (unpaired) electrons. The molecular formula is C43H51FN10O6S2. The van der Waals surface area contributed by atoms with Crippen molar-refractivity contribution in [2.75, 3.05) is 49.9 Å². The van der Waals surface area contributed by atoms with Gasteiger partial charge in [-0.3, -0.25) is 24.5 Å². The fourth-order valence-electron chi connectivity index (χ4n) is 9.35. The Morgan fingerprint density at radius 1 is 0.887 bits per heavy atom. The van der Waals surface area contributed by atoms with E-state index < -0.39 is 21.1 Å². The van der Waals surface area contributed by atoms with Crippen LogP contribution in [-0.4, -0.2) is 101 Å². The summed E-state index contributed by atoms with van der Waals surface area (Å²) in [5.74, 6) is -0.775. The Labute approximate surface area is 363 Å². The Morgan fingerprint density at radius 2 is 1.55 bits per heavy atom. The van der Waals surface area contributed by atoms with Gasteiger partial charge in [0, 0.05) is 87.0 Å². The number of piperidine rings is 4. The van der Waals surface area contributed by atoms with Gasteiger partial charge in [-0.05, 0) is 75.1 Å². The largest absolute Gasteiger partial charge is 0.368 e. The number of hydrogen-bond acceptors (Lipinski definition) is 13. The first kappa shape index (κ1) is 43.3. The average Bonchev–Trinajstić information content (AvgIpc) is 3.72. The van der Waals surface area contributed by atoms with E-state index in [1.807, 2.05) is 21.9 Å². The van der Waals surface area contributed by atoms with Crippen LogP contribution in [-0.2, 0) is 29.2 Å². The smallest absolute Gasteiger partial charge is 0.234 e. The number of likely N-dealkylation sites (tertiary alicyclic amines) is 2. The summed E-state index contributed by atoms with van der Waals surface area (Å²) >= 11 is 1.38. The Kier molecular flexibility index (Phi) is 12.7. The number of nitrogens with zero attached hydrogens (tertiary/aromatic N) is 7. The minimum atomic E-state index is -4.08. The van der Waals surface area contributed by atoms with Crippen molar-refractivity contribution in [3.63, 3.8) is 0 Å². The number of pyridine rings is 1. The maximum Gasteiger partial charge on any atom is 0.234 e. The van der Waals surface area contributed by atoms with Crippen LogP contribution in [0.1, 0.15) is 97.9 Å². The number of benzene rings is 1. The number of nitrogens with one attached hydrogen (secondary N) is 1. The molecule has 4 aliphatic heterocycles. The van der Waals surface area contributed by atoms with Gasteiger partial charge in [-0.25, -0.2) is 37.9 Å². The lowest BCUT2D eigenvalue weighted by Gasteiger charge is -2.39. The van der Waals surface area contributed by atoms with Crippen molar-refractivity contribution >= 4 is 56.8 Å². The van der Waals surface area contributed by atoms with Crippen molar-refractivity contribution in [3.05, 3.63) is 70.7 Å². The number of rotatable bonds is 10. The second kappa shape index (κ2) is 18.1. The molecule has 62 heavy (non-hydrogen) atoms. The number of imide groups is 1. The Bertz CT molecular complexity index is 2440. The molecule has 4 fully saturated rings. The number of thiazole rings is 1. The van der Waals surface area contributed by atoms with Gasteiger partial charge in [0.05, 0.1) is 27.2 Å². The number of aromatic nitrogens is 4. The standard InChI is InChI=1S/C43H51FN10O6S2/c1-2-33(62(46,59)60)30-4-3-5-31(36(30)44)37-38(32-10-17-47-43(45)49-32)61-40(51-37)25-11-20-53(21-12-25)42(58)27-15-22-54(23-16-27)41(57)26-13-18-52(19-14-26)34-8-6-28(24-48-34)29-7-9-35(55)50-39(29)56/h3-6,8,10,17,24-27,29,33H,2,7,9,11-16,18-23H2,1H3,(H2,45,47,49)(H2,46,59,60)(H,50,55,56). The number of hydrogen-bond donors (Lipinski definition) is 3. The molecule has 4 amide bonds. The number of carbonyl (C=O) groups excluding carboxylic acids is 4. The van der Waals surface area contributed by atoms with Crippen molar-refractivity contribution in [1.82, 2.24) is 35.1 Å². The van der Waals surface area contributed by atoms with Crippen LogP contribution in [0.2, 0.25) is 0 Å². The molecule has 0 bridgehead atoms. The van der Waals surface area contributed by atoms with E-state index in [4.69, 9.17) is 15.9 Å². The summed E-state index contributed by atoms with van der Waals surface area (Å²) < 4.78 is 41.0. The molecule has 2 unspecified atom stereocenters. The highest BCUT2D eigenvalue weighted by Crippen LogP contribution is 2.43. The topological polar surface area (TPSA) is 228 Å². The summed E-state index contributed by atoms with van der Waals surface area (Å²) in [7, 11) is -4.08. The zero-order chi connectivity index (χ0) is 43.7. The number of nitrogen functional groups attached to an aromatic ring is 1. The molecular weight excluding hydrogens is 836 g/mol. The molecule has 4 aromatic rings. The number of sulfonamides is 1. The highest BCUT2D eigenvalue weighted by molar-refractivity contribution is 7.89. The van der Waals surface area contributed by atoms with Gasteiger partial charge in [0.25, 0.3) is 0 Å².